The smallest absolute Gasteiger partial charge is 0.222 e. The quantitative estimate of drug-likeness (QED) is 0.750. The third-order valence-electron chi connectivity index (χ3n) is 2.26. The van der Waals surface area contributed by atoms with Crippen LogP contribution in [0.3, 0.4) is 0 Å². The highest BCUT2D eigenvalue weighted by molar-refractivity contribution is 14.1. The molecule has 0 spiro atoms. The van der Waals surface area contributed by atoms with E-state index in [1.54, 1.807) is 12.1 Å². The van der Waals surface area contributed by atoms with E-state index in [9.17, 15) is 0 Å². The minimum atomic E-state index is 0.0242. The number of benzene rings is 1. The number of anilines is 2. The van der Waals surface area contributed by atoms with Gasteiger partial charge in [0.05, 0.1) is 10.7 Å². The van der Waals surface area contributed by atoms with E-state index in [1.807, 2.05) is 12.1 Å². The van der Waals surface area contributed by atoms with Crippen molar-refractivity contribution in [3.05, 3.63) is 32.4 Å². The molecule has 4 N–H and O–H groups in total. The molecule has 0 aliphatic rings. The van der Waals surface area contributed by atoms with E-state index in [1.165, 1.54) is 0 Å². The Hall–Kier alpha value is -1.59. The Bertz CT molecular complexity index is 665. The number of aromatic nitrogens is 2. The van der Waals surface area contributed by atoms with Gasteiger partial charge in [-0.3, -0.25) is 0 Å². The van der Waals surface area contributed by atoms with Crippen LogP contribution in [0, 0.1) is 14.9 Å². The van der Waals surface area contributed by atoms with Gasteiger partial charge in [-0.05, 0) is 34.7 Å². The van der Waals surface area contributed by atoms with Crippen LogP contribution >= 0.6 is 34.2 Å². The second-order valence-corrected chi connectivity index (χ2v) is 5.00. The first-order chi connectivity index (χ1) is 8.52. The number of nitrogen functional groups attached to an aromatic ring is 2. The van der Waals surface area contributed by atoms with E-state index in [-0.39, 0.29) is 17.3 Å². The van der Waals surface area contributed by atoms with Gasteiger partial charge in [-0.1, -0.05) is 17.7 Å². The van der Waals surface area contributed by atoms with Crippen LogP contribution < -0.4 is 11.5 Å². The van der Waals surface area contributed by atoms with Crippen LogP contribution in [0.4, 0.5) is 11.8 Å². The van der Waals surface area contributed by atoms with Crippen molar-refractivity contribution in [3.63, 3.8) is 0 Å². The molecule has 0 saturated carbocycles. The summed E-state index contributed by atoms with van der Waals surface area (Å²) in [6.07, 6.45) is 0. The summed E-state index contributed by atoms with van der Waals surface area (Å²) >= 11 is 8.16. The molecule has 18 heavy (non-hydrogen) atoms. The van der Waals surface area contributed by atoms with Crippen LogP contribution in [0.2, 0.25) is 5.02 Å². The average Bonchev–Trinajstić information content (AvgIpc) is 2.32. The average molecular weight is 372 g/mol. The number of rotatable bonds is 1. The van der Waals surface area contributed by atoms with E-state index in [4.69, 9.17) is 28.3 Å². The summed E-state index contributed by atoms with van der Waals surface area (Å²) in [7, 11) is 0. The first-order valence-corrected chi connectivity index (χ1v) is 6.27. The zero-order chi connectivity index (χ0) is 13.3. The van der Waals surface area contributed by atoms with Crippen LogP contribution in [0.25, 0.3) is 11.3 Å². The van der Waals surface area contributed by atoms with Gasteiger partial charge < -0.3 is 11.5 Å². The third-order valence-corrected chi connectivity index (χ3v) is 3.83. The summed E-state index contributed by atoms with van der Waals surface area (Å²) in [5.74, 6) is 0.0887. The van der Waals surface area contributed by atoms with Crippen LogP contribution in [-0.4, -0.2) is 9.97 Å². The number of hydrogen-bond donors (Lipinski definition) is 2. The first kappa shape index (κ1) is 12.9. The minimum Gasteiger partial charge on any atom is -0.382 e. The number of nitrogens with zero attached hydrogens (tertiary/aromatic N) is 3. The Morgan fingerprint density at radius 2 is 2.00 bits per heavy atom. The molecular weight excluding hydrogens is 365 g/mol. The molecule has 0 aliphatic carbocycles. The molecule has 0 aliphatic heterocycles. The van der Waals surface area contributed by atoms with Crippen LogP contribution in [-0.2, 0) is 0 Å². The Labute approximate surface area is 122 Å². The van der Waals surface area contributed by atoms with Crippen molar-refractivity contribution >= 4 is 46.0 Å². The number of hydrogen-bond acceptors (Lipinski definition) is 5. The maximum atomic E-state index is 9.09. The molecule has 0 radical (unpaired) electrons. The fourth-order valence-electron chi connectivity index (χ4n) is 1.46. The topological polar surface area (TPSA) is 102 Å². The molecule has 5 nitrogen and oxygen atoms in total. The normalized spacial score (nSPS) is 10.1. The predicted molar refractivity (Wildman–Crippen MR) is 78.7 cm³/mol. The zero-order valence-electron chi connectivity index (χ0n) is 8.98. The minimum absolute atomic E-state index is 0.0242. The molecule has 1 aromatic heterocycles. The highest BCUT2D eigenvalue weighted by atomic mass is 127. The van der Waals surface area contributed by atoms with E-state index in [0.717, 1.165) is 3.57 Å². The highest BCUT2D eigenvalue weighted by Crippen LogP contribution is 2.29. The van der Waals surface area contributed by atoms with Gasteiger partial charge in [0.2, 0.25) is 5.95 Å². The van der Waals surface area contributed by atoms with E-state index >= 15 is 0 Å². The monoisotopic (exact) mass is 371 g/mol. The molecule has 90 valence electrons. The van der Waals surface area contributed by atoms with Gasteiger partial charge in [0.25, 0.3) is 0 Å². The lowest BCUT2D eigenvalue weighted by atomic mass is 10.1. The Morgan fingerprint density at radius 3 is 2.61 bits per heavy atom. The van der Waals surface area contributed by atoms with E-state index < -0.39 is 0 Å². The molecule has 0 amide bonds. The molecule has 2 rings (SSSR count). The Kier molecular flexibility index (Phi) is 3.54. The molecule has 1 aromatic carbocycles. The van der Waals surface area contributed by atoms with Crippen molar-refractivity contribution in [2.75, 3.05) is 11.5 Å². The van der Waals surface area contributed by atoms with Crippen molar-refractivity contribution in [2.24, 2.45) is 0 Å². The Balaban J connectivity index is 2.70. The molecular formula is C11H7ClIN5. The van der Waals surface area contributed by atoms with Crippen molar-refractivity contribution in [2.45, 2.75) is 0 Å². The molecule has 0 unspecified atom stereocenters. The maximum Gasteiger partial charge on any atom is 0.222 e. The van der Waals surface area contributed by atoms with Crippen LogP contribution in [0.15, 0.2) is 18.2 Å². The summed E-state index contributed by atoms with van der Waals surface area (Å²) in [5, 5.41) is 9.67. The highest BCUT2D eigenvalue weighted by Gasteiger charge is 2.13. The fourth-order valence-corrected chi connectivity index (χ4v) is 1.97. The molecule has 0 atom stereocenters. The van der Waals surface area contributed by atoms with Gasteiger partial charge >= 0.3 is 0 Å². The molecule has 0 fully saturated rings. The number of nitriles is 1. The largest absolute Gasteiger partial charge is 0.382 e. The standard InChI is InChI=1S/C11H7ClIN5/c12-7-3-5(1-2-8(7)13)9-6(4-14)10(15)18-11(16)17-9/h1-3H,(H4,15,16,17,18). The van der Waals surface area contributed by atoms with E-state index in [2.05, 4.69) is 32.6 Å². The molecule has 1 heterocycles. The van der Waals surface area contributed by atoms with Crippen molar-refractivity contribution in [1.82, 2.24) is 9.97 Å². The van der Waals surface area contributed by atoms with Gasteiger partial charge in [0, 0.05) is 9.13 Å². The summed E-state index contributed by atoms with van der Waals surface area (Å²) in [5.41, 5.74) is 12.5. The first-order valence-electron chi connectivity index (χ1n) is 4.81. The summed E-state index contributed by atoms with van der Waals surface area (Å²) in [6.45, 7) is 0. The molecule has 0 bridgehead atoms. The molecule has 7 heteroatoms. The van der Waals surface area contributed by atoms with Gasteiger partial charge in [-0.25, -0.2) is 4.98 Å². The Morgan fingerprint density at radius 1 is 1.28 bits per heavy atom. The van der Waals surface area contributed by atoms with Crippen molar-refractivity contribution in [3.8, 4) is 17.3 Å². The van der Waals surface area contributed by atoms with E-state index in [0.29, 0.717) is 16.3 Å². The van der Waals surface area contributed by atoms with Gasteiger partial charge in [0.15, 0.2) is 0 Å². The lowest BCUT2D eigenvalue weighted by Crippen LogP contribution is -2.05. The second kappa shape index (κ2) is 4.96. The zero-order valence-corrected chi connectivity index (χ0v) is 11.9. The summed E-state index contributed by atoms with van der Waals surface area (Å²) in [4.78, 5) is 7.81. The van der Waals surface area contributed by atoms with Crippen molar-refractivity contribution in [1.29, 1.82) is 5.26 Å². The summed E-state index contributed by atoms with van der Waals surface area (Å²) in [6, 6.07) is 7.32. The number of nitrogens with two attached hydrogens (primary N) is 2. The lowest BCUT2D eigenvalue weighted by Gasteiger charge is -2.07. The predicted octanol–water partition coefficient (Wildman–Crippen LogP) is 2.44. The number of halogens is 2. The van der Waals surface area contributed by atoms with Gasteiger partial charge in [-0.2, -0.15) is 10.2 Å². The fraction of sp³-hybridized carbons (Fsp3) is 0. The van der Waals surface area contributed by atoms with Gasteiger partial charge in [-0.15, -0.1) is 0 Å². The summed E-state index contributed by atoms with van der Waals surface area (Å²) < 4.78 is 0.909. The molecule has 2 aromatic rings. The third kappa shape index (κ3) is 2.32. The lowest BCUT2D eigenvalue weighted by molar-refractivity contribution is 1.18. The maximum absolute atomic E-state index is 9.09. The van der Waals surface area contributed by atoms with Gasteiger partial charge in [0.1, 0.15) is 17.5 Å². The molecule has 0 saturated heterocycles. The van der Waals surface area contributed by atoms with Crippen LogP contribution in [0.1, 0.15) is 5.56 Å². The SMILES string of the molecule is N#Cc1c(N)nc(N)nc1-c1ccc(I)c(Cl)c1. The van der Waals surface area contributed by atoms with Crippen molar-refractivity contribution < 1.29 is 0 Å². The second-order valence-electron chi connectivity index (χ2n) is 3.43. The van der Waals surface area contributed by atoms with Crippen LogP contribution in [0.5, 0.6) is 0 Å².